The van der Waals surface area contributed by atoms with Crippen molar-refractivity contribution in [1.82, 2.24) is 9.88 Å². The molecule has 0 spiro atoms. The van der Waals surface area contributed by atoms with Gasteiger partial charge in [0, 0.05) is 42.4 Å². The second-order valence-corrected chi connectivity index (χ2v) is 7.84. The van der Waals surface area contributed by atoms with Crippen LogP contribution in [0.5, 0.6) is 5.75 Å². The molecule has 2 aromatic carbocycles. The average Bonchev–Trinajstić information content (AvgIpc) is 2.76. The van der Waals surface area contributed by atoms with Crippen molar-refractivity contribution in [1.29, 1.82) is 0 Å². The Morgan fingerprint density at radius 2 is 1.75 bits per heavy atom. The van der Waals surface area contributed by atoms with Crippen molar-refractivity contribution >= 4 is 28.3 Å². The molecule has 0 bridgehead atoms. The number of aliphatic carboxylic acids is 1. The number of pyridine rings is 1. The number of benzene rings is 2. The Hall–Kier alpha value is -2.84. The summed E-state index contributed by atoms with van der Waals surface area (Å²) in [4.78, 5) is 15.5. The number of aromatic nitrogens is 1. The number of ether oxygens (including phenoxy) is 1. The molecule has 1 aliphatic heterocycles. The van der Waals surface area contributed by atoms with E-state index in [9.17, 15) is 13.2 Å². The fourth-order valence-corrected chi connectivity index (χ4v) is 3.49. The Bertz CT molecular complexity index is 1040. The van der Waals surface area contributed by atoms with Crippen LogP contribution in [0.1, 0.15) is 18.4 Å². The average molecular weight is 467 g/mol. The number of carbonyl (C=O) groups is 1. The van der Waals surface area contributed by atoms with Gasteiger partial charge in [0.2, 0.25) is 0 Å². The van der Waals surface area contributed by atoms with Crippen LogP contribution in [0.4, 0.5) is 13.2 Å². The van der Waals surface area contributed by atoms with E-state index in [1.165, 1.54) is 10.9 Å². The van der Waals surface area contributed by atoms with Crippen LogP contribution in [0, 0.1) is 0 Å². The van der Waals surface area contributed by atoms with Crippen LogP contribution in [0.2, 0.25) is 5.02 Å². The Morgan fingerprint density at radius 1 is 1.09 bits per heavy atom. The quantitative estimate of drug-likeness (QED) is 0.545. The van der Waals surface area contributed by atoms with Crippen LogP contribution in [-0.2, 0) is 11.3 Å². The molecule has 4 rings (SSSR count). The molecule has 0 saturated carbocycles. The van der Waals surface area contributed by atoms with E-state index in [4.69, 9.17) is 26.2 Å². The number of fused-ring (bicyclic) bond motifs is 1. The molecular weight excluding hydrogens is 445 g/mol. The molecule has 0 unspecified atom stereocenters. The highest BCUT2D eigenvalue weighted by Crippen LogP contribution is 2.24. The maximum atomic E-state index is 10.6. The van der Waals surface area contributed by atoms with Crippen molar-refractivity contribution in [3.05, 3.63) is 71.5 Å². The largest absolute Gasteiger partial charge is 0.490 e. The van der Waals surface area contributed by atoms with Gasteiger partial charge in [0.25, 0.3) is 0 Å². The molecule has 32 heavy (non-hydrogen) atoms. The van der Waals surface area contributed by atoms with Crippen LogP contribution >= 0.6 is 11.6 Å². The molecule has 170 valence electrons. The van der Waals surface area contributed by atoms with Crippen molar-refractivity contribution in [2.75, 3.05) is 13.1 Å². The SMILES string of the molecule is Clc1ccc(CN2CCC(Oc3ccc4cnccc4c3)CC2)cc1.O=C(O)C(F)(F)F. The number of carboxylic acid groups (broad SMARTS) is 1. The van der Waals surface area contributed by atoms with Gasteiger partial charge in [-0.2, -0.15) is 13.2 Å². The summed E-state index contributed by atoms with van der Waals surface area (Å²) in [5.74, 6) is -1.80. The molecule has 1 aromatic heterocycles. The Labute approximate surface area is 188 Å². The molecule has 1 aliphatic rings. The molecule has 5 nitrogen and oxygen atoms in total. The highest BCUT2D eigenvalue weighted by atomic mass is 35.5. The van der Waals surface area contributed by atoms with E-state index in [-0.39, 0.29) is 0 Å². The summed E-state index contributed by atoms with van der Waals surface area (Å²) in [7, 11) is 0. The van der Waals surface area contributed by atoms with E-state index in [1.54, 1.807) is 0 Å². The Balaban J connectivity index is 0.000000360. The van der Waals surface area contributed by atoms with Gasteiger partial charge < -0.3 is 9.84 Å². The van der Waals surface area contributed by atoms with Gasteiger partial charge in [0.15, 0.2) is 0 Å². The van der Waals surface area contributed by atoms with Gasteiger partial charge in [-0.1, -0.05) is 23.7 Å². The molecular formula is C23H22ClF3N2O3. The fraction of sp³-hybridized carbons (Fsp3) is 0.304. The number of alkyl halides is 3. The van der Waals surface area contributed by atoms with E-state index in [2.05, 4.69) is 34.1 Å². The highest BCUT2D eigenvalue weighted by Gasteiger charge is 2.38. The number of halogens is 4. The van der Waals surface area contributed by atoms with Crippen LogP contribution in [0.25, 0.3) is 10.8 Å². The zero-order valence-electron chi connectivity index (χ0n) is 17.1. The van der Waals surface area contributed by atoms with Gasteiger partial charge in [-0.15, -0.1) is 0 Å². The van der Waals surface area contributed by atoms with E-state index < -0.39 is 12.1 Å². The molecule has 0 aliphatic carbocycles. The van der Waals surface area contributed by atoms with Crippen molar-refractivity contribution in [2.45, 2.75) is 31.7 Å². The lowest BCUT2D eigenvalue weighted by atomic mass is 10.1. The predicted octanol–water partition coefficient (Wildman–Crippen LogP) is 5.56. The zero-order valence-corrected chi connectivity index (χ0v) is 17.8. The van der Waals surface area contributed by atoms with Gasteiger partial charge >= 0.3 is 12.1 Å². The van der Waals surface area contributed by atoms with Gasteiger partial charge in [-0.05, 0) is 60.2 Å². The summed E-state index contributed by atoms with van der Waals surface area (Å²) in [6, 6.07) is 16.4. The summed E-state index contributed by atoms with van der Waals surface area (Å²) < 4.78 is 37.9. The molecule has 0 radical (unpaired) electrons. The first-order valence-corrected chi connectivity index (χ1v) is 10.4. The zero-order chi connectivity index (χ0) is 23.1. The van der Waals surface area contributed by atoms with Crippen LogP contribution in [-0.4, -0.2) is 46.3 Å². The third kappa shape index (κ3) is 7.10. The first kappa shape index (κ1) is 23.8. The van der Waals surface area contributed by atoms with Gasteiger partial charge in [-0.25, -0.2) is 4.79 Å². The summed E-state index contributed by atoms with van der Waals surface area (Å²) >= 11 is 5.95. The lowest BCUT2D eigenvalue weighted by Crippen LogP contribution is -2.37. The van der Waals surface area contributed by atoms with Crippen molar-refractivity contribution < 1.29 is 27.8 Å². The second kappa shape index (κ2) is 10.7. The molecule has 3 aromatic rings. The topological polar surface area (TPSA) is 62.7 Å². The molecule has 1 fully saturated rings. The molecule has 0 amide bonds. The number of carboxylic acids is 1. The standard InChI is InChI=1S/C21H21ClN2O.C2HF3O2/c22-19-4-1-16(2-5-19)15-24-11-8-20(9-12-24)25-21-6-3-18-14-23-10-7-17(18)13-21;3-2(4,5)1(6)7/h1-7,10,13-14,20H,8-9,11-12,15H2;(H,6,7). The lowest BCUT2D eigenvalue weighted by Gasteiger charge is -2.32. The predicted molar refractivity (Wildman–Crippen MR) is 116 cm³/mol. The molecule has 2 heterocycles. The maximum absolute atomic E-state index is 10.6. The Kier molecular flexibility index (Phi) is 7.93. The van der Waals surface area contributed by atoms with Crippen molar-refractivity contribution in [3.8, 4) is 5.75 Å². The normalized spacial score (nSPS) is 15.1. The monoisotopic (exact) mass is 466 g/mol. The Morgan fingerprint density at radius 3 is 2.38 bits per heavy atom. The van der Waals surface area contributed by atoms with Crippen LogP contribution in [0.3, 0.4) is 0 Å². The van der Waals surface area contributed by atoms with Crippen molar-refractivity contribution in [3.63, 3.8) is 0 Å². The number of likely N-dealkylation sites (tertiary alicyclic amines) is 1. The summed E-state index contributed by atoms with van der Waals surface area (Å²) in [5, 5.41) is 10.2. The number of hydrogen-bond donors (Lipinski definition) is 1. The summed E-state index contributed by atoms with van der Waals surface area (Å²) in [6.45, 7) is 3.10. The molecule has 0 atom stereocenters. The van der Waals surface area contributed by atoms with Gasteiger partial charge in [0.05, 0.1) is 0 Å². The second-order valence-electron chi connectivity index (χ2n) is 7.41. The number of hydrogen-bond acceptors (Lipinski definition) is 4. The summed E-state index contributed by atoms with van der Waals surface area (Å²) in [5.41, 5.74) is 1.31. The summed E-state index contributed by atoms with van der Waals surface area (Å²) in [6.07, 6.45) is 1.03. The minimum Gasteiger partial charge on any atom is -0.490 e. The maximum Gasteiger partial charge on any atom is 0.490 e. The van der Waals surface area contributed by atoms with Crippen LogP contribution in [0.15, 0.2) is 60.9 Å². The molecule has 9 heteroatoms. The first-order chi connectivity index (χ1) is 15.2. The smallest absolute Gasteiger partial charge is 0.490 e. The molecule has 1 N–H and O–H groups in total. The minimum absolute atomic E-state index is 0.292. The lowest BCUT2D eigenvalue weighted by molar-refractivity contribution is -0.192. The number of piperidine rings is 1. The number of rotatable bonds is 4. The van der Waals surface area contributed by atoms with E-state index in [0.29, 0.717) is 6.10 Å². The number of nitrogens with zero attached hydrogens (tertiary/aromatic N) is 2. The third-order valence-electron chi connectivity index (χ3n) is 5.01. The fourth-order valence-electron chi connectivity index (χ4n) is 3.36. The third-order valence-corrected chi connectivity index (χ3v) is 5.26. The first-order valence-electron chi connectivity index (χ1n) is 9.98. The van der Waals surface area contributed by atoms with Crippen molar-refractivity contribution in [2.24, 2.45) is 0 Å². The molecule has 1 saturated heterocycles. The highest BCUT2D eigenvalue weighted by molar-refractivity contribution is 6.30. The van der Waals surface area contributed by atoms with Gasteiger partial charge in [-0.3, -0.25) is 9.88 Å². The van der Waals surface area contributed by atoms with E-state index >= 15 is 0 Å². The van der Waals surface area contributed by atoms with Gasteiger partial charge in [0.1, 0.15) is 11.9 Å². The van der Waals surface area contributed by atoms with Crippen LogP contribution < -0.4 is 4.74 Å². The van der Waals surface area contributed by atoms with E-state index in [1.807, 2.05) is 36.7 Å². The minimum atomic E-state index is -5.08. The van der Waals surface area contributed by atoms with E-state index in [0.717, 1.165) is 48.6 Å².